The number of nitro groups is 1. The molecule has 2 rings (SSSR count). The highest BCUT2D eigenvalue weighted by atomic mass is 32.1. The summed E-state index contributed by atoms with van der Waals surface area (Å²) in [6, 6.07) is 0.717. The second kappa shape index (κ2) is 5.97. The van der Waals surface area contributed by atoms with E-state index < -0.39 is 16.9 Å². The van der Waals surface area contributed by atoms with Crippen molar-refractivity contribution < 1.29 is 19.6 Å². The van der Waals surface area contributed by atoms with Crippen LogP contribution in [-0.4, -0.2) is 45.9 Å². The molecule has 0 spiro atoms. The normalized spacial score (nSPS) is 19.6. The van der Waals surface area contributed by atoms with Gasteiger partial charge in [-0.2, -0.15) is 0 Å². The zero-order valence-electron chi connectivity index (χ0n) is 10.4. The van der Waals surface area contributed by atoms with E-state index >= 15 is 0 Å². The first-order valence-corrected chi connectivity index (χ1v) is 6.80. The molecule has 1 atom stereocenters. The van der Waals surface area contributed by atoms with E-state index in [1.807, 2.05) is 0 Å². The maximum atomic E-state index is 11.7. The maximum absolute atomic E-state index is 11.7. The highest BCUT2D eigenvalue weighted by molar-refractivity contribution is 7.13. The molecule has 1 aromatic heterocycles. The minimum Gasteiger partial charge on any atom is -0.481 e. The van der Waals surface area contributed by atoms with Crippen LogP contribution in [0.4, 0.5) is 5.00 Å². The van der Waals surface area contributed by atoms with E-state index in [1.165, 1.54) is 6.07 Å². The fourth-order valence-corrected chi connectivity index (χ4v) is 2.83. The predicted octanol–water partition coefficient (Wildman–Crippen LogP) is 0.431. The van der Waals surface area contributed by atoms with Crippen LogP contribution in [0.5, 0.6) is 0 Å². The third-order valence-electron chi connectivity index (χ3n) is 3.02. The first-order valence-electron chi connectivity index (χ1n) is 5.92. The summed E-state index contributed by atoms with van der Waals surface area (Å²) in [5.74, 6) is -1.36. The average Bonchev–Trinajstić information content (AvgIpc) is 2.82. The third kappa shape index (κ3) is 3.31. The van der Waals surface area contributed by atoms with E-state index in [2.05, 4.69) is 5.32 Å². The Bertz CT molecular complexity index is 544. The molecule has 0 aliphatic carbocycles. The zero-order valence-corrected chi connectivity index (χ0v) is 11.3. The van der Waals surface area contributed by atoms with Crippen LogP contribution in [0.3, 0.4) is 0 Å². The van der Waals surface area contributed by atoms with Gasteiger partial charge in [0, 0.05) is 31.1 Å². The van der Waals surface area contributed by atoms with E-state index in [9.17, 15) is 19.7 Å². The lowest BCUT2D eigenvalue weighted by atomic mass is 10.1. The molecule has 20 heavy (non-hydrogen) atoms. The molecule has 1 amide bonds. The predicted molar refractivity (Wildman–Crippen MR) is 70.4 cm³/mol. The summed E-state index contributed by atoms with van der Waals surface area (Å²) in [7, 11) is 0. The molecule has 0 saturated carbocycles. The minimum absolute atomic E-state index is 0.0382. The summed E-state index contributed by atoms with van der Waals surface area (Å²) in [5.41, 5.74) is 0.715. The van der Waals surface area contributed by atoms with E-state index in [0.717, 1.165) is 11.3 Å². The summed E-state index contributed by atoms with van der Waals surface area (Å²) in [6.45, 7) is 1.30. The van der Waals surface area contributed by atoms with E-state index in [1.54, 1.807) is 10.3 Å². The molecule has 8 nitrogen and oxygen atoms in total. The number of piperazine rings is 1. The van der Waals surface area contributed by atoms with Crippen molar-refractivity contribution in [2.75, 3.05) is 13.1 Å². The zero-order chi connectivity index (χ0) is 14.7. The molecule has 1 aliphatic rings. The first-order chi connectivity index (χ1) is 9.47. The summed E-state index contributed by atoms with van der Waals surface area (Å²) >= 11 is 1.02. The number of nitrogens with one attached hydrogen (secondary N) is 1. The van der Waals surface area contributed by atoms with Gasteiger partial charge >= 0.3 is 11.0 Å². The highest BCUT2D eigenvalue weighted by Gasteiger charge is 2.31. The molecule has 1 aliphatic heterocycles. The van der Waals surface area contributed by atoms with Crippen LogP contribution in [0.15, 0.2) is 11.4 Å². The lowest BCUT2D eigenvalue weighted by molar-refractivity contribution is -0.380. The van der Waals surface area contributed by atoms with Crippen molar-refractivity contribution in [2.45, 2.75) is 19.0 Å². The maximum Gasteiger partial charge on any atom is 0.324 e. The quantitative estimate of drug-likeness (QED) is 0.602. The van der Waals surface area contributed by atoms with E-state index in [0.29, 0.717) is 25.2 Å². The molecule has 9 heteroatoms. The number of carboxylic acids is 1. The highest BCUT2D eigenvalue weighted by Crippen LogP contribution is 2.24. The summed E-state index contributed by atoms with van der Waals surface area (Å²) in [4.78, 5) is 34.4. The molecule has 108 valence electrons. The summed E-state index contributed by atoms with van der Waals surface area (Å²) in [6.07, 6.45) is -0.280. The lowest BCUT2D eigenvalue weighted by Gasteiger charge is -2.33. The number of aliphatic carboxylic acids is 1. The molecule has 1 unspecified atom stereocenters. The Morgan fingerprint density at radius 2 is 2.40 bits per heavy atom. The van der Waals surface area contributed by atoms with Crippen LogP contribution < -0.4 is 5.32 Å². The van der Waals surface area contributed by atoms with Crippen molar-refractivity contribution in [3.05, 3.63) is 27.1 Å². The van der Waals surface area contributed by atoms with Crippen molar-refractivity contribution in [1.82, 2.24) is 10.2 Å². The Morgan fingerprint density at radius 3 is 3.00 bits per heavy atom. The van der Waals surface area contributed by atoms with Crippen molar-refractivity contribution in [3.63, 3.8) is 0 Å². The first kappa shape index (κ1) is 14.4. The van der Waals surface area contributed by atoms with Gasteiger partial charge in [0.25, 0.3) is 0 Å². The molecule has 0 aromatic carbocycles. The Balaban J connectivity index is 2.09. The monoisotopic (exact) mass is 299 g/mol. The average molecular weight is 299 g/mol. The van der Waals surface area contributed by atoms with Crippen molar-refractivity contribution in [1.29, 1.82) is 0 Å². The second-order valence-corrected chi connectivity index (χ2v) is 5.32. The van der Waals surface area contributed by atoms with Gasteiger partial charge in [0.15, 0.2) is 0 Å². The third-order valence-corrected chi connectivity index (χ3v) is 3.94. The largest absolute Gasteiger partial charge is 0.481 e. The van der Waals surface area contributed by atoms with Crippen molar-refractivity contribution in [3.8, 4) is 0 Å². The topological polar surface area (TPSA) is 113 Å². The number of carboxylic acid groups (broad SMARTS) is 1. The van der Waals surface area contributed by atoms with E-state index in [4.69, 9.17) is 5.11 Å². The number of hydrogen-bond donors (Lipinski definition) is 2. The Hall–Kier alpha value is -2.00. The molecule has 2 heterocycles. The minimum atomic E-state index is -1.05. The number of rotatable bonds is 5. The molecular formula is C11H13N3O5S. The van der Waals surface area contributed by atoms with Gasteiger partial charge in [-0.1, -0.05) is 11.3 Å². The number of thiophene rings is 1. The summed E-state index contributed by atoms with van der Waals surface area (Å²) in [5, 5.41) is 23.8. The van der Waals surface area contributed by atoms with Crippen LogP contribution in [0.2, 0.25) is 0 Å². The van der Waals surface area contributed by atoms with Gasteiger partial charge in [-0.05, 0) is 5.56 Å². The molecular weight excluding hydrogens is 286 g/mol. The summed E-state index contributed by atoms with van der Waals surface area (Å²) < 4.78 is 0. The second-order valence-electron chi connectivity index (χ2n) is 4.43. The van der Waals surface area contributed by atoms with Gasteiger partial charge in [-0.3, -0.25) is 24.6 Å². The number of nitrogens with zero attached hydrogens (tertiary/aromatic N) is 2. The molecule has 0 bridgehead atoms. The van der Waals surface area contributed by atoms with E-state index in [-0.39, 0.29) is 17.3 Å². The number of carbonyl (C=O) groups excluding carboxylic acids is 1. The number of carbonyl (C=O) groups is 2. The smallest absolute Gasteiger partial charge is 0.324 e. The van der Waals surface area contributed by atoms with Crippen LogP contribution in [-0.2, 0) is 16.1 Å². The molecule has 1 aromatic rings. The molecule has 1 fully saturated rings. The van der Waals surface area contributed by atoms with Crippen LogP contribution in [0.25, 0.3) is 0 Å². The lowest BCUT2D eigenvalue weighted by Crippen LogP contribution is -2.55. The van der Waals surface area contributed by atoms with Crippen LogP contribution in [0.1, 0.15) is 12.0 Å². The van der Waals surface area contributed by atoms with Gasteiger partial charge in [-0.15, -0.1) is 0 Å². The van der Waals surface area contributed by atoms with Crippen LogP contribution in [0, 0.1) is 10.1 Å². The Labute approximate surface area is 118 Å². The number of amides is 1. The standard InChI is InChI=1S/C11H13N3O5S/c15-10(16)4-8-11(17)12-1-2-13(8)5-7-3-9(14(18)19)20-6-7/h3,6,8H,1-2,4-5H2,(H,12,17)(H,15,16). The molecule has 0 radical (unpaired) electrons. The van der Waals surface area contributed by atoms with Gasteiger partial charge in [0.2, 0.25) is 5.91 Å². The fraction of sp³-hybridized carbons (Fsp3) is 0.455. The SMILES string of the molecule is O=C(O)CC1C(=O)NCCN1Cc1csc([N+](=O)[O-])c1. The molecule has 1 saturated heterocycles. The van der Waals surface area contributed by atoms with Gasteiger partial charge < -0.3 is 10.4 Å². The van der Waals surface area contributed by atoms with Crippen molar-refractivity contribution in [2.24, 2.45) is 0 Å². The number of hydrogen-bond acceptors (Lipinski definition) is 6. The Morgan fingerprint density at radius 1 is 1.65 bits per heavy atom. The Kier molecular flexibility index (Phi) is 4.30. The van der Waals surface area contributed by atoms with Gasteiger partial charge in [0.05, 0.1) is 11.3 Å². The molecule has 2 N–H and O–H groups in total. The van der Waals surface area contributed by atoms with Crippen LogP contribution >= 0.6 is 11.3 Å². The van der Waals surface area contributed by atoms with Gasteiger partial charge in [0.1, 0.15) is 6.04 Å². The fourth-order valence-electron chi connectivity index (χ4n) is 2.11. The van der Waals surface area contributed by atoms with Crippen molar-refractivity contribution >= 4 is 28.2 Å². The van der Waals surface area contributed by atoms with Gasteiger partial charge in [-0.25, -0.2) is 0 Å².